The second-order valence-electron chi connectivity index (χ2n) is 5.95. The maximum atomic E-state index is 12.8. The molecule has 24 heavy (non-hydrogen) atoms. The highest BCUT2D eigenvalue weighted by atomic mass is 19.3. The van der Waals surface area contributed by atoms with Crippen molar-refractivity contribution in [2.24, 2.45) is 4.99 Å². The molecule has 2 N–H and O–H groups in total. The zero-order valence-electron chi connectivity index (χ0n) is 13.5. The molecule has 128 valence electrons. The van der Waals surface area contributed by atoms with Gasteiger partial charge in [0, 0.05) is 31.4 Å². The number of alkyl halides is 2. The van der Waals surface area contributed by atoms with Crippen LogP contribution in [0.1, 0.15) is 30.8 Å². The van der Waals surface area contributed by atoms with Crippen molar-refractivity contribution in [2.45, 2.75) is 31.4 Å². The average Bonchev–Trinajstić information content (AvgIpc) is 3.24. The standard InChI is InChI=1S/C17H21F2N5/c1-20-16(22-11-14-21-9-10-24(14)15(18)19)23-12-17(7-8-17)13-5-3-2-4-6-13/h2-6,9-10,15H,7-8,11-12H2,1H3,(H2,20,22,23). The molecule has 1 saturated carbocycles. The molecule has 5 nitrogen and oxygen atoms in total. The molecular weight excluding hydrogens is 312 g/mol. The van der Waals surface area contributed by atoms with Gasteiger partial charge in [0.1, 0.15) is 5.82 Å². The smallest absolute Gasteiger partial charge is 0.319 e. The number of aliphatic imine (C=N–C) groups is 1. The first-order chi connectivity index (χ1) is 11.6. The van der Waals surface area contributed by atoms with Crippen molar-refractivity contribution in [2.75, 3.05) is 13.6 Å². The summed E-state index contributed by atoms with van der Waals surface area (Å²) in [7, 11) is 1.66. The Balaban J connectivity index is 1.55. The number of benzene rings is 1. The largest absolute Gasteiger partial charge is 0.356 e. The molecule has 1 aromatic carbocycles. The molecule has 1 fully saturated rings. The first-order valence-electron chi connectivity index (χ1n) is 7.94. The van der Waals surface area contributed by atoms with Gasteiger partial charge in [-0.3, -0.25) is 9.56 Å². The number of rotatable bonds is 6. The molecule has 0 spiro atoms. The summed E-state index contributed by atoms with van der Waals surface area (Å²) in [6.45, 7) is -1.64. The quantitative estimate of drug-likeness (QED) is 0.631. The Morgan fingerprint density at radius 2 is 2.04 bits per heavy atom. The van der Waals surface area contributed by atoms with Gasteiger partial charge in [-0.05, 0) is 18.4 Å². The molecular formula is C17H21F2N5. The summed E-state index contributed by atoms with van der Waals surface area (Å²) in [4.78, 5) is 8.11. The third-order valence-corrected chi connectivity index (χ3v) is 4.43. The van der Waals surface area contributed by atoms with Crippen LogP contribution in [0, 0.1) is 0 Å². The van der Waals surface area contributed by atoms with Gasteiger partial charge >= 0.3 is 6.55 Å². The van der Waals surface area contributed by atoms with Crippen LogP contribution in [-0.2, 0) is 12.0 Å². The van der Waals surface area contributed by atoms with E-state index < -0.39 is 6.55 Å². The Morgan fingerprint density at radius 3 is 2.67 bits per heavy atom. The number of nitrogens with zero attached hydrogens (tertiary/aromatic N) is 3. The maximum absolute atomic E-state index is 12.8. The normalized spacial score (nSPS) is 16.2. The molecule has 2 aromatic rings. The molecule has 1 heterocycles. The van der Waals surface area contributed by atoms with Crippen molar-refractivity contribution in [1.29, 1.82) is 0 Å². The fourth-order valence-corrected chi connectivity index (χ4v) is 2.80. The summed E-state index contributed by atoms with van der Waals surface area (Å²) in [5.41, 5.74) is 1.47. The number of hydrogen-bond donors (Lipinski definition) is 2. The lowest BCUT2D eigenvalue weighted by molar-refractivity contribution is 0.0668. The third kappa shape index (κ3) is 3.55. The van der Waals surface area contributed by atoms with E-state index in [1.807, 2.05) is 18.2 Å². The van der Waals surface area contributed by atoms with Crippen LogP contribution in [0.3, 0.4) is 0 Å². The van der Waals surface area contributed by atoms with Crippen molar-refractivity contribution in [1.82, 2.24) is 20.2 Å². The molecule has 0 atom stereocenters. The maximum Gasteiger partial charge on any atom is 0.319 e. The summed E-state index contributed by atoms with van der Waals surface area (Å²) in [6, 6.07) is 10.4. The second-order valence-corrected chi connectivity index (χ2v) is 5.95. The fraction of sp³-hybridized carbons (Fsp3) is 0.412. The molecule has 1 aromatic heterocycles. The number of nitrogens with one attached hydrogen (secondary N) is 2. The van der Waals surface area contributed by atoms with Gasteiger partial charge in [0.2, 0.25) is 0 Å². The van der Waals surface area contributed by atoms with Gasteiger partial charge < -0.3 is 10.6 Å². The van der Waals surface area contributed by atoms with E-state index in [0.29, 0.717) is 5.96 Å². The number of aromatic nitrogens is 2. The lowest BCUT2D eigenvalue weighted by atomic mass is 9.96. The first kappa shape index (κ1) is 16.4. The lowest BCUT2D eigenvalue weighted by Gasteiger charge is -2.19. The molecule has 7 heteroatoms. The van der Waals surface area contributed by atoms with E-state index in [0.717, 1.165) is 24.0 Å². The van der Waals surface area contributed by atoms with E-state index in [1.54, 1.807) is 7.05 Å². The van der Waals surface area contributed by atoms with Gasteiger partial charge in [0.25, 0.3) is 0 Å². The molecule has 0 amide bonds. The molecule has 0 saturated heterocycles. The summed E-state index contributed by atoms with van der Waals surface area (Å²) in [5.74, 6) is 0.859. The van der Waals surface area contributed by atoms with E-state index >= 15 is 0 Å². The highest BCUT2D eigenvalue weighted by molar-refractivity contribution is 5.79. The van der Waals surface area contributed by atoms with Crippen LogP contribution in [0.25, 0.3) is 0 Å². The average molecular weight is 333 g/mol. The minimum Gasteiger partial charge on any atom is -0.356 e. The SMILES string of the molecule is CN=C(NCc1nccn1C(F)F)NCC1(c2ccccc2)CC1. The first-order valence-corrected chi connectivity index (χ1v) is 7.94. The molecule has 1 aliphatic rings. The van der Waals surface area contributed by atoms with E-state index in [-0.39, 0.29) is 17.8 Å². The number of guanidine groups is 1. The topological polar surface area (TPSA) is 54.2 Å². The number of hydrogen-bond acceptors (Lipinski definition) is 2. The van der Waals surface area contributed by atoms with Crippen LogP contribution in [0.2, 0.25) is 0 Å². The highest BCUT2D eigenvalue weighted by Gasteiger charge is 2.43. The second kappa shape index (κ2) is 6.98. The van der Waals surface area contributed by atoms with Crippen molar-refractivity contribution >= 4 is 5.96 Å². The van der Waals surface area contributed by atoms with Crippen molar-refractivity contribution in [3.05, 3.63) is 54.1 Å². The predicted octanol–water partition coefficient (Wildman–Crippen LogP) is 2.68. The number of imidazole rings is 1. The monoisotopic (exact) mass is 333 g/mol. The van der Waals surface area contributed by atoms with Gasteiger partial charge in [-0.25, -0.2) is 4.98 Å². The van der Waals surface area contributed by atoms with E-state index in [1.165, 1.54) is 18.0 Å². The Kier molecular flexibility index (Phi) is 4.78. The van der Waals surface area contributed by atoms with E-state index in [2.05, 4.69) is 32.7 Å². The van der Waals surface area contributed by atoms with Crippen LogP contribution in [0.15, 0.2) is 47.7 Å². The van der Waals surface area contributed by atoms with Crippen LogP contribution in [0.4, 0.5) is 8.78 Å². The Hall–Kier alpha value is -2.44. The van der Waals surface area contributed by atoms with E-state index in [4.69, 9.17) is 0 Å². The van der Waals surface area contributed by atoms with Crippen LogP contribution in [-0.4, -0.2) is 29.1 Å². The van der Waals surface area contributed by atoms with Crippen molar-refractivity contribution in [3.8, 4) is 0 Å². The van der Waals surface area contributed by atoms with Gasteiger partial charge in [-0.2, -0.15) is 8.78 Å². The Labute approximate surface area is 139 Å². The van der Waals surface area contributed by atoms with Gasteiger partial charge in [0.15, 0.2) is 5.96 Å². The summed E-state index contributed by atoms with van der Waals surface area (Å²) >= 11 is 0. The molecule has 0 bridgehead atoms. The van der Waals surface area contributed by atoms with Crippen LogP contribution < -0.4 is 10.6 Å². The zero-order chi connectivity index (χ0) is 17.0. The molecule has 3 rings (SSSR count). The highest BCUT2D eigenvalue weighted by Crippen LogP contribution is 2.47. The predicted molar refractivity (Wildman–Crippen MR) is 89.0 cm³/mol. The van der Waals surface area contributed by atoms with Crippen molar-refractivity contribution in [3.63, 3.8) is 0 Å². The lowest BCUT2D eigenvalue weighted by Crippen LogP contribution is -2.41. The fourth-order valence-electron chi connectivity index (χ4n) is 2.80. The minimum atomic E-state index is -2.59. The molecule has 1 aliphatic carbocycles. The third-order valence-electron chi connectivity index (χ3n) is 4.43. The summed E-state index contributed by atoms with van der Waals surface area (Å²) in [5, 5.41) is 6.34. The van der Waals surface area contributed by atoms with Crippen LogP contribution in [0.5, 0.6) is 0 Å². The Morgan fingerprint density at radius 1 is 1.29 bits per heavy atom. The summed E-state index contributed by atoms with van der Waals surface area (Å²) in [6.07, 6.45) is 4.91. The Bertz CT molecular complexity index is 692. The number of halogens is 2. The zero-order valence-corrected chi connectivity index (χ0v) is 13.5. The molecule has 0 unspecified atom stereocenters. The summed E-state index contributed by atoms with van der Waals surface area (Å²) < 4.78 is 26.5. The van der Waals surface area contributed by atoms with Crippen LogP contribution >= 0.6 is 0 Å². The molecule has 0 radical (unpaired) electrons. The van der Waals surface area contributed by atoms with Crippen molar-refractivity contribution < 1.29 is 8.78 Å². The van der Waals surface area contributed by atoms with E-state index in [9.17, 15) is 8.78 Å². The minimum absolute atomic E-state index is 0.153. The van der Waals surface area contributed by atoms with Gasteiger partial charge in [-0.1, -0.05) is 30.3 Å². The van der Waals surface area contributed by atoms with Gasteiger partial charge in [-0.15, -0.1) is 0 Å². The van der Waals surface area contributed by atoms with Gasteiger partial charge in [0.05, 0.1) is 6.54 Å². The molecule has 0 aliphatic heterocycles.